The molecule has 3 rings (SSSR count). The Morgan fingerprint density at radius 2 is 1.91 bits per heavy atom. The standard InChI is InChI=1S/C16H16N4O2/c17-12-7-4-8-13-16(12)19-15(20(13)9-14(18)21)10-22-11-5-2-1-3-6-11/h1-8H,9-10,17H2,(H2,18,21). The molecule has 6 nitrogen and oxygen atoms in total. The van der Waals surface area contributed by atoms with Gasteiger partial charge in [0.05, 0.1) is 11.2 Å². The number of ether oxygens (including phenoxy) is 1. The number of primary amides is 1. The molecule has 0 radical (unpaired) electrons. The molecule has 0 bridgehead atoms. The smallest absolute Gasteiger partial charge is 0.237 e. The van der Waals surface area contributed by atoms with Crippen LogP contribution in [0.4, 0.5) is 5.69 Å². The van der Waals surface area contributed by atoms with Gasteiger partial charge in [-0.2, -0.15) is 0 Å². The van der Waals surface area contributed by atoms with Crippen molar-refractivity contribution >= 4 is 22.6 Å². The number of nitrogens with two attached hydrogens (primary N) is 2. The van der Waals surface area contributed by atoms with Crippen LogP contribution in [0.5, 0.6) is 5.75 Å². The Morgan fingerprint density at radius 1 is 1.14 bits per heavy atom. The van der Waals surface area contributed by atoms with Gasteiger partial charge in [-0.1, -0.05) is 24.3 Å². The van der Waals surface area contributed by atoms with E-state index in [0.29, 0.717) is 17.0 Å². The molecule has 0 aliphatic carbocycles. The summed E-state index contributed by atoms with van der Waals surface area (Å²) in [6.45, 7) is 0.263. The monoisotopic (exact) mass is 296 g/mol. The van der Waals surface area contributed by atoms with Crippen LogP contribution in [-0.2, 0) is 17.9 Å². The average Bonchev–Trinajstić information content (AvgIpc) is 2.85. The Morgan fingerprint density at radius 3 is 2.64 bits per heavy atom. The number of anilines is 1. The molecular formula is C16H16N4O2. The maximum atomic E-state index is 11.3. The zero-order valence-electron chi connectivity index (χ0n) is 11.9. The summed E-state index contributed by atoms with van der Waals surface area (Å²) >= 11 is 0. The van der Waals surface area contributed by atoms with Gasteiger partial charge in [0.25, 0.3) is 0 Å². The minimum absolute atomic E-state index is 0.0352. The van der Waals surface area contributed by atoms with Gasteiger partial charge in [-0.05, 0) is 24.3 Å². The molecule has 0 spiro atoms. The number of para-hydroxylation sites is 2. The van der Waals surface area contributed by atoms with Crippen molar-refractivity contribution in [3.8, 4) is 5.75 Å². The van der Waals surface area contributed by atoms with E-state index in [4.69, 9.17) is 16.2 Å². The number of hydrogen-bond acceptors (Lipinski definition) is 4. The second-order valence-electron chi connectivity index (χ2n) is 4.90. The number of nitrogens with zero attached hydrogens (tertiary/aromatic N) is 2. The predicted octanol–water partition coefficient (Wildman–Crippen LogP) is 1.68. The van der Waals surface area contributed by atoms with Gasteiger partial charge in [0.2, 0.25) is 5.91 Å². The van der Waals surface area contributed by atoms with Crippen molar-refractivity contribution in [1.29, 1.82) is 0 Å². The van der Waals surface area contributed by atoms with E-state index >= 15 is 0 Å². The molecule has 0 fully saturated rings. The van der Waals surface area contributed by atoms with E-state index in [1.165, 1.54) is 0 Å². The number of fused-ring (bicyclic) bond motifs is 1. The van der Waals surface area contributed by atoms with Gasteiger partial charge in [-0.25, -0.2) is 4.98 Å². The molecule has 1 heterocycles. The predicted molar refractivity (Wildman–Crippen MR) is 84.1 cm³/mol. The van der Waals surface area contributed by atoms with Crippen LogP contribution in [0.25, 0.3) is 11.0 Å². The van der Waals surface area contributed by atoms with E-state index in [-0.39, 0.29) is 13.2 Å². The zero-order chi connectivity index (χ0) is 15.5. The van der Waals surface area contributed by atoms with Gasteiger partial charge in [-0.3, -0.25) is 4.79 Å². The van der Waals surface area contributed by atoms with Crippen molar-refractivity contribution in [3.05, 3.63) is 54.4 Å². The maximum Gasteiger partial charge on any atom is 0.237 e. The normalized spacial score (nSPS) is 10.7. The summed E-state index contributed by atoms with van der Waals surface area (Å²) in [5, 5.41) is 0. The lowest BCUT2D eigenvalue weighted by Crippen LogP contribution is -2.20. The lowest BCUT2D eigenvalue weighted by atomic mass is 10.3. The molecule has 0 saturated heterocycles. The summed E-state index contributed by atoms with van der Waals surface area (Å²) in [5.74, 6) is 0.895. The number of amides is 1. The number of rotatable bonds is 5. The van der Waals surface area contributed by atoms with E-state index in [1.807, 2.05) is 42.5 Å². The molecule has 1 aromatic heterocycles. The highest BCUT2D eigenvalue weighted by molar-refractivity contribution is 5.88. The van der Waals surface area contributed by atoms with Crippen molar-refractivity contribution < 1.29 is 9.53 Å². The maximum absolute atomic E-state index is 11.3. The van der Waals surface area contributed by atoms with Crippen LogP contribution in [0, 0.1) is 0 Å². The largest absolute Gasteiger partial charge is 0.486 e. The first-order valence-electron chi connectivity index (χ1n) is 6.85. The van der Waals surface area contributed by atoms with Gasteiger partial charge in [-0.15, -0.1) is 0 Å². The van der Waals surface area contributed by atoms with Crippen LogP contribution in [0.1, 0.15) is 5.82 Å². The molecule has 3 aromatic rings. The zero-order valence-corrected chi connectivity index (χ0v) is 11.9. The van der Waals surface area contributed by atoms with Crippen molar-refractivity contribution in [2.75, 3.05) is 5.73 Å². The molecule has 1 amide bonds. The highest BCUT2D eigenvalue weighted by Crippen LogP contribution is 2.22. The van der Waals surface area contributed by atoms with Gasteiger partial charge in [0.1, 0.15) is 30.2 Å². The van der Waals surface area contributed by atoms with Crippen LogP contribution in [-0.4, -0.2) is 15.5 Å². The fourth-order valence-electron chi connectivity index (χ4n) is 2.32. The van der Waals surface area contributed by atoms with Gasteiger partial charge in [0.15, 0.2) is 0 Å². The number of benzene rings is 2. The molecule has 0 saturated carbocycles. The number of carbonyl (C=O) groups is 1. The number of imidazole rings is 1. The van der Waals surface area contributed by atoms with Gasteiger partial charge in [0, 0.05) is 0 Å². The minimum Gasteiger partial charge on any atom is -0.486 e. The van der Waals surface area contributed by atoms with Crippen molar-refractivity contribution in [2.24, 2.45) is 5.73 Å². The van der Waals surface area contributed by atoms with Crippen LogP contribution in [0.15, 0.2) is 48.5 Å². The first-order chi connectivity index (χ1) is 10.6. The quantitative estimate of drug-likeness (QED) is 0.700. The summed E-state index contributed by atoms with van der Waals surface area (Å²) in [5.41, 5.74) is 13.2. The fraction of sp³-hybridized carbons (Fsp3) is 0.125. The van der Waals surface area contributed by atoms with Crippen LogP contribution >= 0.6 is 0 Å². The third kappa shape index (κ3) is 2.71. The summed E-state index contributed by atoms with van der Waals surface area (Å²) in [7, 11) is 0. The number of nitrogen functional groups attached to an aromatic ring is 1. The third-order valence-electron chi connectivity index (χ3n) is 3.31. The van der Waals surface area contributed by atoms with E-state index in [9.17, 15) is 4.79 Å². The number of carbonyl (C=O) groups excluding carboxylic acids is 1. The summed E-state index contributed by atoms with van der Waals surface area (Å²) in [6.07, 6.45) is 0. The lowest BCUT2D eigenvalue weighted by Gasteiger charge is -2.08. The molecule has 4 N–H and O–H groups in total. The second kappa shape index (κ2) is 5.77. The van der Waals surface area contributed by atoms with E-state index in [2.05, 4.69) is 4.98 Å². The Balaban J connectivity index is 1.96. The fourth-order valence-corrected chi connectivity index (χ4v) is 2.32. The van der Waals surface area contributed by atoms with Crippen molar-refractivity contribution in [3.63, 3.8) is 0 Å². The minimum atomic E-state index is -0.442. The summed E-state index contributed by atoms with van der Waals surface area (Å²) in [4.78, 5) is 15.8. The van der Waals surface area contributed by atoms with E-state index in [1.54, 1.807) is 10.6 Å². The molecule has 112 valence electrons. The Hall–Kier alpha value is -3.02. The molecule has 0 unspecified atom stereocenters. The van der Waals surface area contributed by atoms with Gasteiger partial charge >= 0.3 is 0 Å². The third-order valence-corrected chi connectivity index (χ3v) is 3.31. The van der Waals surface area contributed by atoms with Crippen molar-refractivity contribution in [2.45, 2.75) is 13.2 Å². The molecule has 0 atom stereocenters. The Labute approximate surface area is 127 Å². The summed E-state index contributed by atoms with van der Waals surface area (Å²) in [6, 6.07) is 14.8. The first kappa shape index (κ1) is 13.9. The van der Waals surface area contributed by atoms with Crippen molar-refractivity contribution in [1.82, 2.24) is 9.55 Å². The highest BCUT2D eigenvalue weighted by Gasteiger charge is 2.14. The topological polar surface area (TPSA) is 96.2 Å². The van der Waals surface area contributed by atoms with Crippen LogP contribution < -0.4 is 16.2 Å². The molecule has 0 aliphatic heterocycles. The average molecular weight is 296 g/mol. The summed E-state index contributed by atoms with van der Waals surface area (Å²) < 4.78 is 7.44. The Kier molecular flexibility index (Phi) is 3.65. The highest BCUT2D eigenvalue weighted by atomic mass is 16.5. The number of hydrogen-bond donors (Lipinski definition) is 2. The second-order valence-corrected chi connectivity index (χ2v) is 4.90. The Bertz CT molecular complexity index is 812. The molecular weight excluding hydrogens is 280 g/mol. The molecule has 2 aromatic carbocycles. The van der Waals surface area contributed by atoms with Gasteiger partial charge < -0.3 is 20.8 Å². The number of aromatic nitrogens is 2. The van der Waals surface area contributed by atoms with E-state index < -0.39 is 5.91 Å². The lowest BCUT2D eigenvalue weighted by molar-refractivity contribution is -0.118. The molecule has 0 aliphatic rings. The molecule has 22 heavy (non-hydrogen) atoms. The SMILES string of the molecule is NC(=O)Cn1c(COc2ccccc2)nc2c(N)cccc21. The molecule has 6 heteroatoms. The van der Waals surface area contributed by atoms with E-state index in [0.717, 1.165) is 11.3 Å². The first-order valence-corrected chi connectivity index (χ1v) is 6.85. The van der Waals surface area contributed by atoms with Crippen LogP contribution in [0.3, 0.4) is 0 Å². The van der Waals surface area contributed by atoms with Crippen LogP contribution in [0.2, 0.25) is 0 Å².